The first-order chi connectivity index (χ1) is 6.15. The average Bonchev–Trinajstić information content (AvgIpc) is 2.09. The van der Waals surface area contributed by atoms with Crippen molar-refractivity contribution in [3.8, 4) is 0 Å². The molecule has 0 unspecified atom stereocenters. The zero-order valence-corrected chi connectivity index (χ0v) is 9.01. The zero-order chi connectivity index (χ0) is 9.84. The van der Waals surface area contributed by atoms with Gasteiger partial charge in [-0.2, -0.15) is 5.48 Å². The fourth-order valence-corrected chi connectivity index (χ4v) is 1.32. The second-order valence-corrected chi connectivity index (χ2v) is 3.47. The molecule has 0 aliphatic heterocycles. The van der Waals surface area contributed by atoms with Crippen LogP contribution in [0.15, 0.2) is 22.7 Å². The first-order valence-electron chi connectivity index (χ1n) is 3.79. The Labute approximate surface area is 85.2 Å². The Kier molecular flexibility index (Phi) is 3.45. The summed E-state index contributed by atoms with van der Waals surface area (Å²) in [6, 6.07) is 5.47. The van der Waals surface area contributed by atoms with Crippen molar-refractivity contribution in [3.05, 3.63) is 33.8 Å². The van der Waals surface area contributed by atoms with Crippen molar-refractivity contribution >= 4 is 21.9 Å². The second kappa shape index (κ2) is 4.39. The molecule has 70 valence electrons. The molecule has 0 saturated carbocycles. The Balaban J connectivity index is 2.99. The van der Waals surface area contributed by atoms with Crippen LogP contribution in [0, 0.1) is 6.92 Å². The summed E-state index contributed by atoms with van der Waals surface area (Å²) in [5.41, 5.74) is 3.80. The summed E-state index contributed by atoms with van der Waals surface area (Å²) < 4.78 is 0.862. The van der Waals surface area contributed by atoms with Gasteiger partial charge >= 0.3 is 5.97 Å². The fraction of sp³-hybridized carbons (Fsp3) is 0.222. The molecule has 0 atom stereocenters. The average molecular weight is 244 g/mol. The quantitative estimate of drug-likeness (QED) is 0.809. The van der Waals surface area contributed by atoms with E-state index in [4.69, 9.17) is 0 Å². The third-order valence-corrected chi connectivity index (χ3v) is 2.11. The smallest absolute Gasteiger partial charge is 0.357 e. The van der Waals surface area contributed by atoms with Crippen LogP contribution in [0.3, 0.4) is 0 Å². The highest BCUT2D eigenvalue weighted by atomic mass is 79.9. The van der Waals surface area contributed by atoms with Crippen LogP contribution in [0.5, 0.6) is 0 Å². The lowest BCUT2D eigenvalue weighted by Gasteiger charge is -2.04. The molecule has 0 aliphatic carbocycles. The Bertz CT molecular complexity index is 325. The van der Waals surface area contributed by atoms with Gasteiger partial charge < -0.3 is 4.84 Å². The number of halogens is 1. The molecule has 4 heteroatoms. The molecular weight excluding hydrogens is 234 g/mol. The molecule has 0 fully saturated rings. The molecule has 0 radical (unpaired) electrons. The first-order valence-corrected chi connectivity index (χ1v) is 4.58. The summed E-state index contributed by atoms with van der Waals surface area (Å²) in [4.78, 5) is 16.0. The van der Waals surface area contributed by atoms with E-state index in [1.807, 2.05) is 19.1 Å². The number of rotatable bonds is 2. The molecule has 0 bridgehead atoms. The number of carbonyl (C=O) groups excluding carboxylic acids is 1. The lowest BCUT2D eigenvalue weighted by atomic mass is 10.1. The van der Waals surface area contributed by atoms with Crippen LogP contribution in [0.25, 0.3) is 0 Å². The van der Waals surface area contributed by atoms with E-state index in [0.717, 1.165) is 10.0 Å². The van der Waals surface area contributed by atoms with Gasteiger partial charge in [0.25, 0.3) is 0 Å². The molecule has 0 aromatic heterocycles. The van der Waals surface area contributed by atoms with E-state index in [-0.39, 0.29) is 5.97 Å². The number of hydrogen-bond donors (Lipinski definition) is 1. The van der Waals surface area contributed by atoms with Gasteiger partial charge in [-0.25, -0.2) is 4.79 Å². The molecule has 1 aromatic carbocycles. The lowest BCUT2D eigenvalue weighted by Crippen LogP contribution is -2.16. The Morgan fingerprint density at radius 1 is 1.54 bits per heavy atom. The fourth-order valence-electron chi connectivity index (χ4n) is 0.962. The van der Waals surface area contributed by atoms with E-state index in [9.17, 15) is 4.79 Å². The minimum Gasteiger partial charge on any atom is -0.367 e. The van der Waals surface area contributed by atoms with Crippen molar-refractivity contribution < 1.29 is 9.63 Å². The SMILES string of the molecule is CNOC(=O)c1cc(Br)ccc1C. The molecule has 1 rings (SSSR count). The molecule has 13 heavy (non-hydrogen) atoms. The van der Waals surface area contributed by atoms with E-state index < -0.39 is 0 Å². The summed E-state index contributed by atoms with van der Waals surface area (Å²) in [5.74, 6) is -0.374. The third-order valence-electron chi connectivity index (χ3n) is 1.61. The van der Waals surface area contributed by atoms with Crippen LogP contribution < -0.4 is 5.48 Å². The van der Waals surface area contributed by atoms with Gasteiger partial charge in [0, 0.05) is 11.5 Å². The van der Waals surface area contributed by atoms with Crippen LogP contribution in [0.1, 0.15) is 15.9 Å². The van der Waals surface area contributed by atoms with Gasteiger partial charge in [-0.3, -0.25) is 0 Å². The first kappa shape index (κ1) is 10.2. The highest BCUT2D eigenvalue weighted by molar-refractivity contribution is 9.10. The van der Waals surface area contributed by atoms with E-state index >= 15 is 0 Å². The monoisotopic (exact) mass is 243 g/mol. The van der Waals surface area contributed by atoms with E-state index in [0.29, 0.717) is 5.56 Å². The van der Waals surface area contributed by atoms with Gasteiger partial charge in [-0.1, -0.05) is 22.0 Å². The van der Waals surface area contributed by atoms with Crippen LogP contribution in [-0.2, 0) is 4.84 Å². The lowest BCUT2D eigenvalue weighted by molar-refractivity contribution is 0.0309. The van der Waals surface area contributed by atoms with Crippen molar-refractivity contribution in [3.63, 3.8) is 0 Å². The van der Waals surface area contributed by atoms with Gasteiger partial charge in [-0.05, 0) is 24.6 Å². The number of benzene rings is 1. The number of nitrogens with one attached hydrogen (secondary N) is 1. The Morgan fingerprint density at radius 2 is 2.23 bits per heavy atom. The van der Waals surface area contributed by atoms with Crippen LogP contribution >= 0.6 is 15.9 Å². The molecule has 1 N–H and O–H groups in total. The molecule has 0 saturated heterocycles. The van der Waals surface area contributed by atoms with Gasteiger partial charge in [0.05, 0.1) is 5.56 Å². The summed E-state index contributed by atoms with van der Waals surface area (Å²) in [6.07, 6.45) is 0. The van der Waals surface area contributed by atoms with Crippen molar-refractivity contribution in [2.24, 2.45) is 0 Å². The summed E-state index contributed by atoms with van der Waals surface area (Å²) >= 11 is 3.29. The van der Waals surface area contributed by atoms with E-state index in [2.05, 4.69) is 26.2 Å². The molecule has 0 aliphatic rings. The highest BCUT2D eigenvalue weighted by Gasteiger charge is 2.09. The Morgan fingerprint density at radius 3 is 2.85 bits per heavy atom. The summed E-state index contributed by atoms with van der Waals surface area (Å²) in [7, 11) is 1.55. The van der Waals surface area contributed by atoms with Crippen molar-refractivity contribution in [1.29, 1.82) is 0 Å². The maximum Gasteiger partial charge on any atom is 0.357 e. The molecule has 0 amide bonds. The molecule has 3 nitrogen and oxygen atoms in total. The largest absolute Gasteiger partial charge is 0.367 e. The van der Waals surface area contributed by atoms with Crippen LogP contribution in [0.4, 0.5) is 0 Å². The van der Waals surface area contributed by atoms with Gasteiger partial charge in [0.1, 0.15) is 0 Å². The van der Waals surface area contributed by atoms with Crippen molar-refractivity contribution in [2.75, 3.05) is 7.05 Å². The highest BCUT2D eigenvalue weighted by Crippen LogP contribution is 2.16. The predicted octanol–water partition coefficient (Wildman–Crippen LogP) is 2.05. The second-order valence-electron chi connectivity index (χ2n) is 2.55. The molecule has 1 aromatic rings. The van der Waals surface area contributed by atoms with E-state index in [1.165, 1.54) is 0 Å². The molecular formula is C9H10BrNO2. The van der Waals surface area contributed by atoms with Gasteiger partial charge in [-0.15, -0.1) is 0 Å². The third kappa shape index (κ3) is 2.54. The van der Waals surface area contributed by atoms with Crippen LogP contribution in [-0.4, -0.2) is 13.0 Å². The molecule has 0 heterocycles. The summed E-state index contributed by atoms with van der Waals surface area (Å²) in [6.45, 7) is 1.86. The normalized spacial score (nSPS) is 9.77. The Hall–Kier alpha value is -0.870. The topological polar surface area (TPSA) is 38.3 Å². The minimum atomic E-state index is -0.374. The van der Waals surface area contributed by atoms with Gasteiger partial charge in [0.2, 0.25) is 0 Å². The van der Waals surface area contributed by atoms with Gasteiger partial charge in [0.15, 0.2) is 0 Å². The van der Waals surface area contributed by atoms with E-state index in [1.54, 1.807) is 13.1 Å². The van der Waals surface area contributed by atoms with Crippen molar-refractivity contribution in [1.82, 2.24) is 5.48 Å². The number of aryl methyl sites for hydroxylation is 1. The summed E-state index contributed by atoms with van der Waals surface area (Å²) in [5, 5.41) is 0. The van der Waals surface area contributed by atoms with Crippen molar-refractivity contribution in [2.45, 2.75) is 6.92 Å². The minimum absolute atomic E-state index is 0.374. The zero-order valence-electron chi connectivity index (χ0n) is 7.43. The van der Waals surface area contributed by atoms with Crippen LogP contribution in [0.2, 0.25) is 0 Å². The standard InChI is InChI=1S/C9H10BrNO2/c1-6-3-4-7(10)5-8(6)9(12)13-11-2/h3-5,11H,1-2H3. The molecule has 0 spiro atoms. The number of hydroxylamine groups is 1. The predicted molar refractivity (Wildman–Crippen MR) is 53.4 cm³/mol. The number of carbonyl (C=O) groups is 1. The maximum atomic E-state index is 11.3. The number of hydrogen-bond acceptors (Lipinski definition) is 3. The maximum absolute atomic E-state index is 11.3.